The average Bonchev–Trinajstić information content (AvgIpc) is 2.93. The van der Waals surface area contributed by atoms with Crippen LogP contribution in [0.15, 0.2) is 30.3 Å². The number of nitrogens with zero attached hydrogens (tertiary/aromatic N) is 1. The number of carbonyl (C=O) groups excluding carboxylic acids is 1. The third-order valence-electron chi connectivity index (χ3n) is 3.56. The molecule has 1 aromatic carbocycles. The lowest BCUT2D eigenvalue weighted by atomic mass is 10.1. The molecule has 0 bridgehead atoms. The van der Waals surface area contributed by atoms with Crippen LogP contribution in [0.4, 0.5) is 4.79 Å². The van der Waals surface area contributed by atoms with Crippen LogP contribution in [0.5, 0.6) is 0 Å². The van der Waals surface area contributed by atoms with Crippen molar-refractivity contribution < 1.29 is 19.8 Å². The number of hydrogen-bond acceptors (Lipinski definition) is 4. The van der Waals surface area contributed by atoms with Crippen molar-refractivity contribution in [2.45, 2.75) is 31.9 Å². The third kappa shape index (κ3) is 3.45. The summed E-state index contributed by atoms with van der Waals surface area (Å²) in [5.74, 6) is -0.0609. The third-order valence-corrected chi connectivity index (χ3v) is 3.56. The number of hydrogen-bond donors (Lipinski definition) is 2. The normalized spacial score (nSPS) is 22.2. The lowest BCUT2D eigenvalue weighted by Crippen LogP contribution is -2.41. The molecular formula is C14H19NO4. The molecule has 19 heavy (non-hydrogen) atoms. The molecule has 0 aromatic heterocycles. The Balaban J connectivity index is 1.85. The lowest BCUT2D eigenvalue weighted by molar-refractivity contribution is -0.118. The van der Waals surface area contributed by atoms with Crippen LogP contribution in [0.1, 0.15) is 24.8 Å². The van der Waals surface area contributed by atoms with Crippen molar-refractivity contribution in [3.8, 4) is 0 Å². The van der Waals surface area contributed by atoms with E-state index in [1.54, 1.807) is 0 Å². The number of carbonyl (C=O) groups is 1. The summed E-state index contributed by atoms with van der Waals surface area (Å²) in [4.78, 5) is 11.7. The maximum atomic E-state index is 11.7. The molecule has 0 saturated heterocycles. The van der Waals surface area contributed by atoms with Gasteiger partial charge in [-0.05, 0) is 18.4 Å². The van der Waals surface area contributed by atoms with Crippen molar-refractivity contribution in [1.82, 2.24) is 5.06 Å². The molecule has 0 aliphatic heterocycles. The Hall–Kier alpha value is -1.59. The van der Waals surface area contributed by atoms with Gasteiger partial charge in [-0.3, -0.25) is 5.21 Å². The number of hydroxylamine groups is 2. The standard InChI is InChI=1S/C14H19NO4/c16-9-12-7-4-8-13(12)15(18)14(17)19-10-11-5-2-1-3-6-11/h1-3,5-6,12-13,16,18H,4,7-10H2. The molecule has 5 heteroatoms. The van der Waals surface area contributed by atoms with E-state index in [1.165, 1.54) is 0 Å². The first kappa shape index (κ1) is 13.8. The number of aliphatic hydroxyl groups excluding tert-OH is 1. The van der Waals surface area contributed by atoms with Crippen molar-refractivity contribution in [1.29, 1.82) is 0 Å². The van der Waals surface area contributed by atoms with Gasteiger partial charge in [0.15, 0.2) is 0 Å². The number of ether oxygens (including phenoxy) is 1. The highest BCUT2D eigenvalue weighted by molar-refractivity contribution is 5.66. The second kappa shape index (κ2) is 6.54. The van der Waals surface area contributed by atoms with E-state index in [-0.39, 0.29) is 25.2 Å². The van der Waals surface area contributed by atoms with Crippen molar-refractivity contribution in [3.63, 3.8) is 0 Å². The van der Waals surface area contributed by atoms with Gasteiger partial charge in [0.1, 0.15) is 6.61 Å². The summed E-state index contributed by atoms with van der Waals surface area (Å²) in [6.07, 6.45) is 1.67. The zero-order valence-corrected chi connectivity index (χ0v) is 10.7. The lowest BCUT2D eigenvalue weighted by Gasteiger charge is -2.25. The monoisotopic (exact) mass is 265 g/mol. The Kier molecular flexibility index (Phi) is 4.76. The Bertz CT molecular complexity index is 409. The van der Waals surface area contributed by atoms with Gasteiger partial charge in [-0.15, -0.1) is 0 Å². The fraction of sp³-hybridized carbons (Fsp3) is 0.500. The molecule has 1 aromatic rings. The van der Waals surface area contributed by atoms with E-state index < -0.39 is 6.09 Å². The highest BCUT2D eigenvalue weighted by Crippen LogP contribution is 2.29. The molecule has 104 valence electrons. The van der Waals surface area contributed by atoms with Crippen LogP contribution in [0.25, 0.3) is 0 Å². The minimum atomic E-state index is -0.755. The van der Waals surface area contributed by atoms with E-state index in [0.717, 1.165) is 18.4 Å². The van der Waals surface area contributed by atoms with E-state index in [1.807, 2.05) is 30.3 Å². The predicted molar refractivity (Wildman–Crippen MR) is 68.5 cm³/mol. The first-order chi connectivity index (χ1) is 9.22. The van der Waals surface area contributed by atoms with Crippen LogP contribution >= 0.6 is 0 Å². The van der Waals surface area contributed by atoms with Gasteiger partial charge >= 0.3 is 6.09 Å². The average molecular weight is 265 g/mol. The van der Waals surface area contributed by atoms with Crippen LogP contribution in [0, 0.1) is 5.92 Å². The molecule has 1 amide bonds. The van der Waals surface area contributed by atoms with E-state index in [0.29, 0.717) is 11.5 Å². The molecule has 1 saturated carbocycles. The molecule has 1 aliphatic carbocycles. The SMILES string of the molecule is O=C(OCc1ccccc1)N(O)C1CCCC1CO. The Labute approximate surface area is 112 Å². The van der Waals surface area contributed by atoms with Crippen LogP contribution in [-0.2, 0) is 11.3 Å². The number of rotatable bonds is 4. The van der Waals surface area contributed by atoms with Crippen LogP contribution in [-0.4, -0.2) is 34.1 Å². The molecule has 1 aliphatic rings. The van der Waals surface area contributed by atoms with Gasteiger partial charge in [0, 0.05) is 12.5 Å². The summed E-state index contributed by atoms with van der Waals surface area (Å²) in [5, 5.41) is 19.7. The molecule has 0 heterocycles. The summed E-state index contributed by atoms with van der Waals surface area (Å²) in [7, 11) is 0. The number of amides is 1. The van der Waals surface area contributed by atoms with Crippen molar-refractivity contribution >= 4 is 6.09 Å². The predicted octanol–water partition coefficient (Wildman–Crippen LogP) is 2.18. The largest absolute Gasteiger partial charge is 0.443 e. The van der Waals surface area contributed by atoms with Gasteiger partial charge in [-0.1, -0.05) is 36.8 Å². The highest BCUT2D eigenvalue weighted by Gasteiger charge is 2.34. The summed E-state index contributed by atoms with van der Waals surface area (Å²) >= 11 is 0. The fourth-order valence-corrected chi connectivity index (χ4v) is 2.47. The van der Waals surface area contributed by atoms with E-state index in [4.69, 9.17) is 4.74 Å². The van der Waals surface area contributed by atoms with Gasteiger partial charge in [0.2, 0.25) is 0 Å². The van der Waals surface area contributed by atoms with E-state index in [9.17, 15) is 15.1 Å². The summed E-state index contributed by atoms with van der Waals surface area (Å²) < 4.78 is 5.05. The minimum Gasteiger partial charge on any atom is -0.443 e. The van der Waals surface area contributed by atoms with Crippen LogP contribution in [0.3, 0.4) is 0 Å². The quantitative estimate of drug-likeness (QED) is 0.646. The first-order valence-electron chi connectivity index (χ1n) is 6.52. The second-order valence-electron chi connectivity index (χ2n) is 4.83. The molecule has 2 rings (SSSR count). The maximum Gasteiger partial charge on any atom is 0.434 e. The van der Waals surface area contributed by atoms with Crippen molar-refractivity contribution in [2.24, 2.45) is 5.92 Å². The van der Waals surface area contributed by atoms with Crippen molar-refractivity contribution in [3.05, 3.63) is 35.9 Å². The molecule has 2 atom stereocenters. The maximum absolute atomic E-state index is 11.7. The van der Waals surface area contributed by atoms with Gasteiger partial charge in [0.05, 0.1) is 6.04 Å². The zero-order chi connectivity index (χ0) is 13.7. The molecule has 0 radical (unpaired) electrons. The smallest absolute Gasteiger partial charge is 0.434 e. The molecule has 1 fully saturated rings. The molecule has 2 unspecified atom stereocenters. The molecule has 0 spiro atoms. The first-order valence-corrected chi connectivity index (χ1v) is 6.52. The van der Waals surface area contributed by atoms with Gasteiger partial charge in [-0.2, -0.15) is 5.06 Å². The van der Waals surface area contributed by atoms with Crippen LogP contribution < -0.4 is 0 Å². The second-order valence-corrected chi connectivity index (χ2v) is 4.83. The summed E-state index contributed by atoms with van der Waals surface area (Å²) in [5.41, 5.74) is 0.870. The van der Waals surface area contributed by atoms with Gasteiger partial charge < -0.3 is 9.84 Å². The Morgan fingerprint density at radius 1 is 1.32 bits per heavy atom. The molecule has 2 N–H and O–H groups in total. The zero-order valence-electron chi connectivity index (χ0n) is 10.7. The fourth-order valence-electron chi connectivity index (χ4n) is 2.47. The van der Waals surface area contributed by atoms with Gasteiger partial charge in [0.25, 0.3) is 0 Å². The Morgan fingerprint density at radius 2 is 2.05 bits per heavy atom. The minimum absolute atomic E-state index is 0.0201. The number of aliphatic hydroxyl groups is 1. The van der Waals surface area contributed by atoms with E-state index >= 15 is 0 Å². The molecule has 5 nitrogen and oxygen atoms in total. The number of benzene rings is 1. The topological polar surface area (TPSA) is 70.0 Å². The summed E-state index contributed by atoms with van der Waals surface area (Å²) in [6.45, 7) is 0.112. The van der Waals surface area contributed by atoms with Crippen LogP contribution in [0.2, 0.25) is 0 Å². The van der Waals surface area contributed by atoms with Gasteiger partial charge in [-0.25, -0.2) is 4.79 Å². The summed E-state index contributed by atoms with van der Waals surface area (Å²) in [6, 6.07) is 8.96. The van der Waals surface area contributed by atoms with E-state index in [2.05, 4.69) is 0 Å². The van der Waals surface area contributed by atoms with Crippen molar-refractivity contribution in [2.75, 3.05) is 6.61 Å². The molecular weight excluding hydrogens is 246 g/mol. The highest BCUT2D eigenvalue weighted by atomic mass is 16.6. The Morgan fingerprint density at radius 3 is 2.74 bits per heavy atom.